The van der Waals surface area contributed by atoms with E-state index < -0.39 is 0 Å². The van der Waals surface area contributed by atoms with Gasteiger partial charge < -0.3 is 0 Å². The summed E-state index contributed by atoms with van der Waals surface area (Å²) in [5.41, 5.74) is 8.68. The van der Waals surface area contributed by atoms with Crippen molar-refractivity contribution in [2.45, 2.75) is 58.8 Å². The van der Waals surface area contributed by atoms with Gasteiger partial charge in [0.15, 0.2) is 0 Å². The lowest BCUT2D eigenvalue weighted by Crippen LogP contribution is -2.20. The molecule has 33 heavy (non-hydrogen) atoms. The van der Waals surface area contributed by atoms with Crippen molar-refractivity contribution in [2.24, 2.45) is 10.2 Å². The third kappa shape index (κ3) is 9.76. The molecule has 0 atom stereocenters. The molecule has 176 valence electrons. The minimum atomic E-state index is -0.139. The van der Waals surface area contributed by atoms with Crippen LogP contribution in [-0.2, 0) is 9.59 Å². The molecule has 6 nitrogen and oxygen atoms in total. The van der Waals surface area contributed by atoms with Crippen molar-refractivity contribution in [1.29, 1.82) is 0 Å². The van der Waals surface area contributed by atoms with Crippen LogP contribution in [0, 0.1) is 0 Å². The van der Waals surface area contributed by atoms with E-state index >= 15 is 0 Å². The summed E-state index contributed by atoms with van der Waals surface area (Å²) in [5.74, 6) is -0.279. The SMILES string of the molecule is CC/C(=N\NC(=O)CCCCCC(=O)N/N=C(\CC)c1ccc(Cl)cc1)c1ccc(Cl)cc1. The fourth-order valence-corrected chi connectivity index (χ4v) is 3.35. The lowest BCUT2D eigenvalue weighted by molar-refractivity contribution is -0.121. The van der Waals surface area contributed by atoms with Gasteiger partial charge in [0.1, 0.15) is 0 Å². The Balaban J connectivity index is 1.67. The molecule has 0 aliphatic rings. The molecule has 0 aliphatic carbocycles. The van der Waals surface area contributed by atoms with Crippen molar-refractivity contribution in [3.63, 3.8) is 0 Å². The van der Waals surface area contributed by atoms with Gasteiger partial charge in [0.25, 0.3) is 0 Å². The Morgan fingerprint density at radius 3 is 1.36 bits per heavy atom. The van der Waals surface area contributed by atoms with Crippen LogP contribution in [0.1, 0.15) is 69.9 Å². The Hall–Kier alpha value is -2.70. The number of nitrogens with one attached hydrogen (secondary N) is 2. The first kappa shape index (κ1) is 26.6. The van der Waals surface area contributed by atoms with Gasteiger partial charge in [-0.15, -0.1) is 0 Å². The average molecular weight is 489 g/mol. The van der Waals surface area contributed by atoms with Gasteiger partial charge in [-0.25, -0.2) is 10.9 Å². The third-order valence-corrected chi connectivity index (χ3v) is 5.47. The molecule has 0 aliphatic heterocycles. The smallest absolute Gasteiger partial charge is 0.240 e. The van der Waals surface area contributed by atoms with Crippen molar-refractivity contribution in [3.8, 4) is 0 Å². The molecular formula is C25H30Cl2N4O2. The Morgan fingerprint density at radius 2 is 1.03 bits per heavy atom. The number of rotatable bonds is 12. The highest BCUT2D eigenvalue weighted by molar-refractivity contribution is 6.31. The van der Waals surface area contributed by atoms with Gasteiger partial charge in [0.05, 0.1) is 11.4 Å². The topological polar surface area (TPSA) is 82.9 Å². The van der Waals surface area contributed by atoms with E-state index in [0.29, 0.717) is 48.6 Å². The average Bonchev–Trinajstić information content (AvgIpc) is 2.81. The number of carbonyl (C=O) groups is 2. The van der Waals surface area contributed by atoms with E-state index in [1.807, 2.05) is 38.1 Å². The summed E-state index contributed by atoms with van der Waals surface area (Å²) in [4.78, 5) is 24.1. The number of unbranched alkanes of at least 4 members (excludes halogenated alkanes) is 2. The number of halogens is 2. The van der Waals surface area contributed by atoms with Crippen LogP contribution in [0.2, 0.25) is 10.0 Å². The van der Waals surface area contributed by atoms with E-state index in [4.69, 9.17) is 23.2 Å². The van der Waals surface area contributed by atoms with Gasteiger partial charge in [-0.2, -0.15) is 10.2 Å². The predicted octanol–water partition coefficient (Wildman–Crippen LogP) is 6.10. The summed E-state index contributed by atoms with van der Waals surface area (Å²) in [6.07, 6.45) is 4.24. The molecule has 0 spiro atoms. The van der Waals surface area contributed by atoms with Gasteiger partial charge in [-0.3, -0.25) is 9.59 Å². The monoisotopic (exact) mass is 488 g/mol. The van der Waals surface area contributed by atoms with Gasteiger partial charge in [0.2, 0.25) is 11.8 Å². The number of benzene rings is 2. The number of amides is 2. The molecule has 8 heteroatoms. The summed E-state index contributed by atoms with van der Waals surface area (Å²) in [6, 6.07) is 14.7. The Bertz CT molecular complexity index is 891. The maximum Gasteiger partial charge on any atom is 0.240 e. The summed E-state index contributed by atoms with van der Waals surface area (Å²) in [7, 11) is 0. The Morgan fingerprint density at radius 1 is 0.667 bits per heavy atom. The van der Waals surface area contributed by atoms with E-state index in [9.17, 15) is 9.59 Å². The molecule has 0 aromatic heterocycles. The first-order valence-corrected chi connectivity index (χ1v) is 11.9. The molecule has 0 unspecified atom stereocenters. The fraction of sp³-hybridized carbons (Fsp3) is 0.360. The lowest BCUT2D eigenvalue weighted by atomic mass is 10.1. The van der Waals surface area contributed by atoms with Crippen molar-refractivity contribution in [3.05, 3.63) is 69.7 Å². The summed E-state index contributed by atoms with van der Waals surface area (Å²) >= 11 is 11.8. The lowest BCUT2D eigenvalue weighted by Gasteiger charge is -2.06. The zero-order valence-electron chi connectivity index (χ0n) is 19.0. The van der Waals surface area contributed by atoms with Crippen molar-refractivity contribution >= 4 is 46.4 Å². The summed E-state index contributed by atoms with van der Waals surface area (Å²) < 4.78 is 0. The third-order valence-electron chi connectivity index (χ3n) is 4.96. The molecule has 2 rings (SSSR count). The van der Waals surface area contributed by atoms with Crippen LogP contribution in [0.4, 0.5) is 0 Å². The fourth-order valence-electron chi connectivity index (χ4n) is 3.10. The molecule has 0 radical (unpaired) electrons. The number of hydrogen-bond donors (Lipinski definition) is 2. The number of carbonyl (C=O) groups excluding carboxylic acids is 2. The molecule has 0 saturated heterocycles. The first-order valence-electron chi connectivity index (χ1n) is 11.2. The van der Waals surface area contributed by atoms with Crippen molar-refractivity contribution in [2.75, 3.05) is 0 Å². The van der Waals surface area contributed by atoms with Crippen LogP contribution in [0.15, 0.2) is 58.7 Å². The number of hydrogen-bond acceptors (Lipinski definition) is 4. The Labute approximate surface area is 205 Å². The minimum absolute atomic E-state index is 0.139. The van der Waals surface area contributed by atoms with E-state index in [1.54, 1.807) is 24.3 Å². The van der Waals surface area contributed by atoms with Gasteiger partial charge in [0, 0.05) is 22.9 Å². The summed E-state index contributed by atoms with van der Waals surface area (Å²) in [5, 5.41) is 9.79. The molecule has 0 fully saturated rings. The minimum Gasteiger partial charge on any atom is -0.273 e. The van der Waals surface area contributed by atoms with E-state index in [2.05, 4.69) is 21.1 Å². The molecular weight excluding hydrogens is 459 g/mol. The van der Waals surface area contributed by atoms with Gasteiger partial charge in [-0.1, -0.05) is 67.7 Å². The van der Waals surface area contributed by atoms with Crippen molar-refractivity contribution < 1.29 is 9.59 Å². The maximum atomic E-state index is 12.1. The second-order valence-corrected chi connectivity index (χ2v) is 8.34. The molecule has 0 saturated carbocycles. The second-order valence-electron chi connectivity index (χ2n) is 7.47. The van der Waals surface area contributed by atoms with Crippen LogP contribution in [0.5, 0.6) is 0 Å². The van der Waals surface area contributed by atoms with E-state index in [0.717, 1.165) is 29.0 Å². The van der Waals surface area contributed by atoms with Crippen LogP contribution in [0.3, 0.4) is 0 Å². The van der Waals surface area contributed by atoms with Crippen LogP contribution >= 0.6 is 23.2 Å². The standard InChI is InChI=1S/C25H30Cl2N4O2/c1-3-22(18-10-14-20(26)15-11-18)28-30-24(32)8-6-5-7-9-25(33)31-29-23(4-2)19-12-16-21(27)17-13-19/h10-17H,3-9H2,1-2H3,(H,30,32)(H,31,33)/b28-22+,29-23+. The van der Waals surface area contributed by atoms with Crippen LogP contribution in [-0.4, -0.2) is 23.2 Å². The molecule has 2 amide bonds. The second kappa shape index (κ2) is 14.4. The van der Waals surface area contributed by atoms with Crippen LogP contribution < -0.4 is 10.9 Å². The number of nitrogens with zero attached hydrogens (tertiary/aromatic N) is 2. The molecule has 2 N–H and O–H groups in total. The molecule has 0 bridgehead atoms. The highest BCUT2D eigenvalue weighted by atomic mass is 35.5. The normalized spacial score (nSPS) is 11.9. The maximum absolute atomic E-state index is 12.1. The zero-order chi connectivity index (χ0) is 24.1. The molecule has 2 aromatic carbocycles. The Kier molecular flexibility index (Phi) is 11.6. The molecule has 2 aromatic rings. The van der Waals surface area contributed by atoms with E-state index in [1.165, 1.54) is 0 Å². The largest absolute Gasteiger partial charge is 0.273 e. The first-order chi connectivity index (χ1) is 15.9. The van der Waals surface area contributed by atoms with Gasteiger partial charge >= 0.3 is 0 Å². The predicted molar refractivity (Wildman–Crippen MR) is 136 cm³/mol. The summed E-state index contributed by atoms with van der Waals surface area (Å²) in [6.45, 7) is 3.96. The highest BCUT2D eigenvalue weighted by Crippen LogP contribution is 2.13. The van der Waals surface area contributed by atoms with E-state index in [-0.39, 0.29) is 11.8 Å². The quantitative estimate of drug-likeness (QED) is 0.214. The van der Waals surface area contributed by atoms with Gasteiger partial charge in [-0.05, 0) is 61.1 Å². The zero-order valence-corrected chi connectivity index (χ0v) is 20.5. The number of hydrazone groups is 2. The molecule has 0 heterocycles. The van der Waals surface area contributed by atoms with Crippen LogP contribution in [0.25, 0.3) is 0 Å². The van der Waals surface area contributed by atoms with Crippen molar-refractivity contribution in [1.82, 2.24) is 10.9 Å². The highest BCUT2D eigenvalue weighted by Gasteiger charge is 2.06.